The van der Waals surface area contributed by atoms with E-state index in [2.05, 4.69) is 5.32 Å². The van der Waals surface area contributed by atoms with E-state index >= 15 is 0 Å². The van der Waals surface area contributed by atoms with Crippen LogP contribution in [-0.4, -0.2) is 50.5 Å². The summed E-state index contributed by atoms with van der Waals surface area (Å²) in [7, 11) is -3.83. The van der Waals surface area contributed by atoms with Gasteiger partial charge in [-0.05, 0) is 47.2 Å². The lowest BCUT2D eigenvalue weighted by Gasteiger charge is -2.34. The van der Waals surface area contributed by atoms with Crippen molar-refractivity contribution in [2.45, 2.75) is 52.1 Å². The number of sulfonamides is 1. The third-order valence-corrected chi connectivity index (χ3v) is 7.97. The van der Waals surface area contributed by atoms with E-state index in [-0.39, 0.29) is 24.8 Å². The highest BCUT2D eigenvalue weighted by Gasteiger charge is 2.33. The zero-order chi connectivity index (χ0) is 29.3. The van der Waals surface area contributed by atoms with Crippen LogP contribution in [0, 0.1) is 0 Å². The monoisotopic (exact) mass is 583 g/mol. The topological polar surface area (TPSA) is 86.8 Å². The van der Waals surface area contributed by atoms with Gasteiger partial charge in [-0.1, -0.05) is 93.0 Å². The highest BCUT2D eigenvalue weighted by atomic mass is 35.5. The molecule has 3 rings (SSSR count). The predicted octanol–water partition coefficient (Wildman–Crippen LogP) is 5.40. The van der Waals surface area contributed by atoms with Gasteiger partial charge < -0.3 is 10.2 Å². The highest BCUT2D eigenvalue weighted by molar-refractivity contribution is 7.92. The van der Waals surface area contributed by atoms with Crippen molar-refractivity contribution >= 4 is 39.1 Å². The Morgan fingerprint density at radius 3 is 2.12 bits per heavy atom. The van der Waals surface area contributed by atoms with E-state index in [0.717, 1.165) is 33.7 Å². The number of rotatable bonds is 13. The smallest absolute Gasteiger partial charge is 0.244 e. The zero-order valence-electron chi connectivity index (χ0n) is 23.5. The summed E-state index contributed by atoms with van der Waals surface area (Å²) in [5, 5.41) is 3.49. The molecule has 3 aromatic rings. The average Bonchev–Trinajstić information content (AvgIpc) is 2.93. The van der Waals surface area contributed by atoms with Crippen molar-refractivity contribution in [1.82, 2.24) is 10.2 Å². The van der Waals surface area contributed by atoms with Crippen LogP contribution < -0.4 is 9.62 Å². The number of carbonyl (C=O) groups is 2. The first-order valence-electron chi connectivity index (χ1n) is 13.4. The minimum atomic E-state index is -3.83. The summed E-state index contributed by atoms with van der Waals surface area (Å²) in [6.45, 7) is 6.03. The molecule has 0 fully saturated rings. The SMILES string of the molecule is CCCNC(=O)[C@H](Cc1ccccc1)N(Cc1ccc(Cl)cc1)C(=O)CN(c1ccccc1C(C)C)S(C)(=O)=O. The molecule has 0 saturated carbocycles. The van der Waals surface area contributed by atoms with Gasteiger partial charge >= 0.3 is 0 Å². The summed E-state index contributed by atoms with van der Waals surface area (Å²) in [6, 6.07) is 22.9. The molecule has 0 spiro atoms. The number of benzene rings is 3. The maximum Gasteiger partial charge on any atom is 0.244 e. The van der Waals surface area contributed by atoms with Gasteiger partial charge in [0, 0.05) is 24.5 Å². The Morgan fingerprint density at radius 1 is 0.900 bits per heavy atom. The van der Waals surface area contributed by atoms with Gasteiger partial charge in [0.1, 0.15) is 12.6 Å². The summed E-state index contributed by atoms with van der Waals surface area (Å²) >= 11 is 6.10. The number of hydrogen-bond acceptors (Lipinski definition) is 4. The van der Waals surface area contributed by atoms with Crippen molar-refractivity contribution in [3.05, 3.63) is 101 Å². The quantitative estimate of drug-likeness (QED) is 0.292. The Balaban J connectivity index is 2.07. The van der Waals surface area contributed by atoms with Crippen molar-refractivity contribution < 1.29 is 18.0 Å². The van der Waals surface area contributed by atoms with Gasteiger partial charge in [0.2, 0.25) is 21.8 Å². The van der Waals surface area contributed by atoms with Crippen LogP contribution in [0.15, 0.2) is 78.9 Å². The maximum atomic E-state index is 14.1. The number of carbonyl (C=O) groups excluding carboxylic acids is 2. The molecule has 9 heteroatoms. The third kappa shape index (κ3) is 8.57. The average molecular weight is 584 g/mol. The fourth-order valence-corrected chi connectivity index (χ4v) is 5.50. The number of nitrogens with one attached hydrogen (secondary N) is 1. The molecular formula is C31H38ClN3O4S. The molecule has 2 amide bonds. The molecule has 1 atom stereocenters. The minimum Gasteiger partial charge on any atom is -0.354 e. The minimum absolute atomic E-state index is 0.0337. The van der Waals surface area contributed by atoms with Crippen LogP contribution in [0.5, 0.6) is 0 Å². The van der Waals surface area contributed by atoms with E-state index in [1.807, 2.05) is 63.2 Å². The van der Waals surface area contributed by atoms with Gasteiger partial charge in [0.25, 0.3) is 0 Å². The van der Waals surface area contributed by atoms with Gasteiger partial charge in [0.05, 0.1) is 11.9 Å². The van der Waals surface area contributed by atoms with Crippen LogP contribution in [0.1, 0.15) is 49.8 Å². The first-order chi connectivity index (χ1) is 19.0. The van der Waals surface area contributed by atoms with Gasteiger partial charge in [-0.3, -0.25) is 13.9 Å². The second-order valence-corrected chi connectivity index (χ2v) is 12.5. The molecular weight excluding hydrogens is 546 g/mol. The normalized spacial score (nSPS) is 12.2. The van der Waals surface area contributed by atoms with E-state index in [9.17, 15) is 18.0 Å². The number of halogens is 1. The van der Waals surface area contributed by atoms with Crippen LogP contribution in [-0.2, 0) is 32.6 Å². The van der Waals surface area contributed by atoms with E-state index in [1.165, 1.54) is 4.90 Å². The van der Waals surface area contributed by atoms with E-state index in [4.69, 9.17) is 11.6 Å². The van der Waals surface area contributed by atoms with Crippen molar-refractivity contribution in [2.24, 2.45) is 0 Å². The Bertz CT molecular complexity index is 1380. The molecule has 3 aromatic carbocycles. The molecule has 1 N–H and O–H groups in total. The fraction of sp³-hybridized carbons (Fsp3) is 0.355. The van der Waals surface area contributed by atoms with Crippen molar-refractivity contribution in [2.75, 3.05) is 23.7 Å². The molecule has 7 nitrogen and oxygen atoms in total. The summed E-state index contributed by atoms with van der Waals surface area (Å²) in [6.07, 6.45) is 2.11. The lowest BCUT2D eigenvalue weighted by atomic mass is 10.0. The molecule has 0 saturated heterocycles. The second-order valence-electron chi connectivity index (χ2n) is 10.1. The number of anilines is 1. The number of hydrogen-bond donors (Lipinski definition) is 1. The van der Waals surface area contributed by atoms with Gasteiger partial charge in [-0.25, -0.2) is 8.42 Å². The van der Waals surface area contributed by atoms with Crippen molar-refractivity contribution in [3.8, 4) is 0 Å². The molecule has 214 valence electrons. The predicted molar refractivity (Wildman–Crippen MR) is 162 cm³/mol. The first-order valence-corrected chi connectivity index (χ1v) is 15.7. The number of nitrogens with zero attached hydrogens (tertiary/aromatic N) is 2. The molecule has 0 heterocycles. The maximum absolute atomic E-state index is 14.1. The molecule has 0 aliphatic heterocycles. The third-order valence-electron chi connectivity index (χ3n) is 6.59. The second kappa shape index (κ2) is 14.3. The molecule has 0 aliphatic rings. The number of para-hydroxylation sites is 1. The Kier molecular flexibility index (Phi) is 11.2. The molecule has 0 unspecified atom stereocenters. The van der Waals surface area contributed by atoms with Crippen molar-refractivity contribution in [1.29, 1.82) is 0 Å². The Labute approximate surface area is 243 Å². The molecule has 0 aromatic heterocycles. The lowest BCUT2D eigenvalue weighted by molar-refractivity contribution is -0.140. The summed E-state index contributed by atoms with van der Waals surface area (Å²) < 4.78 is 27.3. The van der Waals surface area contributed by atoms with Crippen LogP contribution >= 0.6 is 11.6 Å². The van der Waals surface area contributed by atoms with E-state index < -0.39 is 28.5 Å². The van der Waals surface area contributed by atoms with Crippen LogP contribution in [0.4, 0.5) is 5.69 Å². The van der Waals surface area contributed by atoms with Gasteiger partial charge in [-0.2, -0.15) is 0 Å². The van der Waals surface area contributed by atoms with Gasteiger partial charge in [-0.15, -0.1) is 0 Å². The highest BCUT2D eigenvalue weighted by Crippen LogP contribution is 2.29. The molecule has 0 radical (unpaired) electrons. The number of amides is 2. The fourth-order valence-electron chi connectivity index (χ4n) is 4.50. The van der Waals surface area contributed by atoms with E-state index in [1.54, 1.807) is 36.4 Å². The molecule has 40 heavy (non-hydrogen) atoms. The zero-order valence-corrected chi connectivity index (χ0v) is 25.1. The standard InChI is InChI=1S/C31H38ClN3O4S/c1-5-19-33-31(37)29(20-24-11-7-6-8-12-24)34(21-25-15-17-26(32)18-16-25)30(36)22-35(40(4,38)39)28-14-10-9-13-27(28)23(2)3/h6-18,23,29H,5,19-22H2,1-4H3,(H,33,37)/t29-/m0/s1. The largest absolute Gasteiger partial charge is 0.354 e. The van der Waals surface area contributed by atoms with Crippen LogP contribution in [0.3, 0.4) is 0 Å². The van der Waals surface area contributed by atoms with Crippen molar-refractivity contribution in [3.63, 3.8) is 0 Å². The Hall–Kier alpha value is -3.36. The molecule has 0 bridgehead atoms. The molecule has 0 aliphatic carbocycles. The van der Waals surface area contributed by atoms with Crippen LogP contribution in [0.2, 0.25) is 5.02 Å². The summed E-state index contributed by atoms with van der Waals surface area (Å²) in [5.74, 6) is -0.737. The van der Waals surface area contributed by atoms with Gasteiger partial charge in [0.15, 0.2) is 0 Å². The van der Waals surface area contributed by atoms with Crippen LogP contribution in [0.25, 0.3) is 0 Å². The van der Waals surface area contributed by atoms with E-state index in [0.29, 0.717) is 17.3 Å². The lowest BCUT2D eigenvalue weighted by Crippen LogP contribution is -2.53. The summed E-state index contributed by atoms with van der Waals surface area (Å²) in [5.41, 5.74) is 2.92. The Morgan fingerprint density at radius 2 is 1.52 bits per heavy atom. The summed E-state index contributed by atoms with van der Waals surface area (Å²) in [4.78, 5) is 29.2. The first kappa shape index (κ1) is 31.2.